The molecule has 2 aliphatic heterocycles. The zero-order chi connectivity index (χ0) is 13.0. The average Bonchev–Trinajstić information content (AvgIpc) is 2.33. The third kappa shape index (κ3) is 3.92. The van der Waals surface area contributed by atoms with Gasteiger partial charge in [-0.3, -0.25) is 0 Å². The smallest absolute Gasteiger partial charge is 0.0829 e. The van der Waals surface area contributed by atoms with Gasteiger partial charge in [0.2, 0.25) is 0 Å². The van der Waals surface area contributed by atoms with Crippen molar-refractivity contribution >= 4 is 0 Å². The number of nitrogens with zero attached hydrogens (tertiary/aromatic N) is 2. The summed E-state index contributed by atoms with van der Waals surface area (Å²) in [5.41, 5.74) is 0. The number of hydrogen-bond acceptors (Lipinski definition) is 4. The first-order chi connectivity index (χ1) is 8.69. The van der Waals surface area contributed by atoms with Crippen LogP contribution in [0, 0.1) is 5.92 Å². The van der Waals surface area contributed by atoms with Gasteiger partial charge in [-0.1, -0.05) is 13.8 Å². The Kier molecular flexibility index (Phi) is 5.42. The monoisotopic (exact) mass is 255 g/mol. The molecule has 0 bridgehead atoms. The van der Waals surface area contributed by atoms with Crippen LogP contribution in [0.4, 0.5) is 0 Å². The Hall–Kier alpha value is -0.160. The fraction of sp³-hybridized carbons (Fsp3) is 1.00. The largest absolute Gasteiger partial charge is 0.374 e. The maximum Gasteiger partial charge on any atom is 0.0829 e. The van der Waals surface area contributed by atoms with Crippen LogP contribution < -0.4 is 5.32 Å². The second kappa shape index (κ2) is 6.85. The first-order valence-electron chi connectivity index (χ1n) is 7.45. The van der Waals surface area contributed by atoms with Gasteiger partial charge in [-0.2, -0.15) is 0 Å². The molecule has 0 aromatic carbocycles. The van der Waals surface area contributed by atoms with E-state index in [9.17, 15) is 0 Å². The lowest BCUT2D eigenvalue weighted by molar-refractivity contribution is -0.0415. The van der Waals surface area contributed by atoms with Crippen molar-refractivity contribution < 1.29 is 4.74 Å². The molecule has 4 heteroatoms. The van der Waals surface area contributed by atoms with Gasteiger partial charge in [-0.05, 0) is 32.5 Å². The molecule has 0 saturated carbocycles. The minimum absolute atomic E-state index is 0.409. The molecular weight excluding hydrogens is 226 g/mol. The molecule has 18 heavy (non-hydrogen) atoms. The van der Waals surface area contributed by atoms with Gasteiger partial charge < -0.3 is 19.9 Å². The first-order valence-corrected chi connectivity index (χ1v) is 7.45. The number of likely N-dealkylation sites (tertiary alicyclic amines) is 1. The van der Waals surface area contributed by atoms with Gasteiger partial charge >= 0.3 is 0 Å². The Bertz CT molecular complexity index is 249. The van der Waals surface area contributed by atoms with Crippen LogP contribution in [-0.2, 0) is 4.74 Å². The molecule has 0 aliphatic carbocycles. The van der Waals surface area contributed by atoms with Crippen molar-refractivity contribution in [2.75, 3.05) is 52.9 Å². The van der Waals surface area contributed by atoms with E-state index in [1.807, 2.05) is 0 Å². The summed E-state index contributed by atoms with van der Waals surface area (Å²) in [5, 5.41) is 3.60. The van der Waals surface area contributed by atoms with Crippen molar-refractivity contribution in [3.05, 3.63) is 0 Å². The van der Waals surface area contributed by atoms with Crippen LogP contribution >= 0.6 is 0 Å². The molecule has 2 fully saturated rings. The minimum Gasteiger partial charge on any atom is -0.374 e. The summed E-state index contributed by atoms with van der Waals surface area (Å²) in [6.07, 6.45) is 1.68. The summed E-state index contributed by atoms with van der Waals surface area (Å²) in [7, 11) is 2.19. The third-order valence-corrected chi connectivity index (χ3v) is 4.26. The first kappa shape index (κ1) is 14.3. The van der Waals surface area contributed by atoms with E-state index in [2.05, 4.69) is 36.0 Å². The van der Waals surface area contributed by atoms with Crippen LogP contribution in [0.5, 0.6) is 0 Å². The molecule has 3 unspecified atom stereocenters. The Morgan fingerprint density at radius 2 is 2.11 bits per heavy atom. The zero-order valence-electron chi connectivity index (χ0n) is 12.2. The van der Waals surface area contributed by atoms with Gasteiger partial charge in [0.1, 0.15) is 0 Å². The lowest BCUT2D eigenvalue weighted by Gasteiger charge is -2.40. The standard InChI is InChI=1S/C14H29N3O/c1-4-15-14-5-6-17(9-12(14)2)11-13-10-16(3)7-8-18-13/h12-15H,4-11H2,1-3H3. The van der Waals surface area contributed by atoms with E-state index in [0.717, 1.165) is 38.7 Å². The van der Waals surface area contributed by atoms with Crippen molar-refractivity contribution in [3.8, 4) is 0 Å². The third-order valence-electron chi connectivity index (χ3n) is 4.26. The number of likely N-dealkylation sites (N-methyl/N-ethyl adjacent to an activating group) is 1. The van der Waals surface area contributed by atoms with Crippen LogP contribution in [-0.4, -0.2) is 74.9 Å². The molecule has 0 aromatic rings. The molecule has 1 N–H and O–H groups in total. The maximum atomic E-state index is 5.86. The number of nitrogens with one attached hydrogen (secondary N) is 1. The maximum absolute atomic E-state index is 5.86. The molecule has 2 rings (SSSR count). The molecule has 0 radical (unpaired) electrons. The Morgan fingerprint density at radius 3 is 2.78 bits per heavy atom. The van der Waals surface area contributed by atoms with E-state index in [0.29, 0.717) is 12.1 Å². The highest BCUT2D eigenvalue weighted by atomic mass is 16.5. The number of hydrogen-bond donors (Lipinski definition) is 1. The fourth-order valence-electron chi connectivity index (χ4n) is 3.23. The number of piperidine rings is 1. The van der Waals surface area contributed by atoms with E-state index in [1.54, 1.807) is 0 Å². The molecule has 3 atom stereocenters. The average molecular weight is 255 g/mol. The van der Waals surface area contributed by atoms with Crippen LogP contribution in [0.3, 0.4) is 0 Å². The van der Waals surface area contributed by atoms with E-state index in [4.69, 9.17) is 4.74 Å². The lowest BCUT2D eigenvalue weighted by Crippen LogP contribution is -2.52. The molecule has 0 amide bonds. The van der Waals surface area contributed by atoms with Gasteiger partial charge in [-0.25, -0.2) is 0 Å². The quantitative estimate of drug-likeness (QED) is 0.798. The van der Waals surface area contributed by atoms with Gasteiger partial charge in [0, 0.05) is 32.2 Å². The molecule has 4 nitrogen and oxygen atoms in total. The zero-order valence-corrected chi connectivity index (χ0v) is 12.2. The summed E-state index contributed by atoms with van der Waals surface area (Å²) >= 11 is 0. The molecule has 2 aliphatic rings. The van der Waals surface area contributed by atoms with Crippen LogP contribution in [0.15, 0.2) is 0 Å². The fourth-order valence-corrected chi connectivity index (χ4v) is 3.23. The second-order valence-corrected chi connectivity index (χ2v) is 5.94. The highest BCUT2D eigenvalue weighted by Crippen LogP contribution is 2.18. The number of rotatable bonds is 4. The molecule has 2 saturated heterocycles. The van der Waals surface area contributed by atoms with E-state index in [-0.39, 0.29) is 0 Å². The summed E-state index contributed by atoms with van der Waals surface area (Å²) in [5.74, 6) is 0.750. The van der Waals surface area contributed by atoms with Gasteiger partial charge in [-0.15, -0.1) is 0 Å². The molecule has 2 heterocycles. The highest BCUT2D eigenvalue weighted by Gasteiger charge is 2.28. The minimum atomic E-state index is 0.409. The Morgan fingerprint density at radius 1 is 1.28 bits per heavy atom. The highest BCUT2D eigenvalue weighted by molar-refractivity contribution is 4.84. The van der Waals surface area contributed by atoms with E-state index >= 15 is 0 Å². The van der Waals surface area contributed by atoms with Crippen molar-refractivity contribution in [1.82, 2.24) is 15.1 Å². The van der Waals surface area contributed by atoms with Gasteiger partial charge in [0.25, 0.3) is 0 Å². The predicted octanol–water partition coefficient (Wildman–Crippen LogP) is 0.637. The number of morpholine rings is 1. The number of ether oxygens (including phenoxy) is 1. The van der Waals surface area contributed by atoms with Gasteiger partial charge in [0.05, 0.1) is 12.7 Å². The summed E-state index contributed by atoms with van der Waals surface area (Å²) in [6.45, 7) is 12.2. The van der Waals surface area contributed by atoms with Crippen molar-refractivity contribution in [2.24, 2.45) is 5.92 Å². The van der Waals surface area contributed by atoms with Crippen molar-refractivity contribution in [3.63, 3.8) is 0 Å². The molecular formula is C14H29N3O. The second-order valence-electron chi connectivity index (χ2n) is 5.94. The lowest BCUT2D eigenvalue weighted by atomic mass is 9.93. The summed E-state index contributed by atoms with van der Waals surface area (Å²) in [4.78, 5) is 4.96. The van der Waals surface area contributed by atoms with E-state index in [1.165, 1.54) is 19.5 Å². The topological polar surface area (TPSA) is 27.7 Å². The van der Waals surface area contributed by atoms with Crippen LogP contribution in [0.25, 0.3) is 0 Å². The Labute approximate surface area is 112 Å². The van der Waals surface area contributed by atoms with Crippen molar-refractivity contribution in [2.45, 2.75) is 32.4 Å². The van der Waals surface area contributed by atoms with Crippen LogP contribution in [0.2, 0.25) is 0 Å². The van der Waals surface area contributed by atoms with Crippen LogP contribution in [0.1, 0.15) is 20.3 Å². The summed E-state index contributed by atoms with van der Waals surface area (Å²) in [6, 6.07) is 0.709. The van der Waals surface area contributed by atoms with Gasteiger partial charge in [0.15, 0.2) is 0 Å². The molecule has 0 spiro atoms. The SMILES string of the molecule is CCNC1CCN(CC2CN(C)CCO2)CC1C. The predicted molar refractivity (Wildman–Crippen MR) is 74.9 cm³/mol. The molecule has 106 valence electrons. The normalized spacial score (nSPS) is 35.8. The molecule has 0 aromatic heterocycles. The van der Waals surface area contributed by atoms with E-state index < -0.39 is 0 Å². The Balaban J connectivity index is 1.74. The summed E-state index contributed by atoms with van der Waals surface area (Å²) < 4.78 is 5.86. The van der Waals surface area contributed by atoms with Crippen molar-refractivity contribution in [1.29, 1.82) is 0 Å².